The van der Waals surface area contributed by atoms with Crippen molar-refractivity contribution in [3.8, 4) is 11.1 Å². The first kappa shape index (κ1) is 17.5. The lowest BCUT2D eigenvalue weighted by Crippen LogP contribution is -2.02. The van der Waals surface area contributed by atoms with Crippen molar-refractivity contribution in [3.63, 3.8) is 0 Å². The standard InChI is InChI=1S/C23H17NO4/c25-22(26)15-7-5-14(6-8-15)16-9-10-21-18(11-16)13-19(24-21)12-17-3-1-2-4-20(17)23(27)28/h1-11,13,24H,12H2,(H,25,26)(H,27,28). The molecule has 0 aliphatic rings. The maximum absolute atomic E-state index is 11.4. The van der Waals surface area contributed by atoms with E-state index >= 15 is 0 Å². The number of H-pyrrole nitrogens is 1. The number of carbonyl (C=O) groups is 2. The van der Waals surface area contributed by atoms with Crippen LogP contribution in [0.4, 0.5) is 0 Å². The number of aromatic carboxylic acids is 2. The molecule has 1 aromatic heterocycles. The smallest absolute Gasteiger partial charge is 0.335 e. The van der Waals surface area contributed by atoms with E-state index in [4.69, 9.17) is 5.11 Å². The van der Waals surface area contributed by atoms with Crippen LogP contribution in [0.3, 0.4) is 0 Å². The summed E-state index contributed by atoms with van der Waals surface area (Å²) in [5.41, 5.74) is 5.14. The van der Waals surface area contributed by atoms with Crippen molar-refractivity contribution < 1.29 is 19.8 Å². The van der Waals surface area contributed by atoms with Crippen LogP contribution in [0.2, 0.25) is 0 Å². The van der Waals surface area contributed by atoms with Crippen LogP contribution in [0.15, 0.2) is 72.8 Å². The Bertz CT molecular complexity index is 1190. The zero-order chi connectivity index (χ0) is 19.7. The van der Waals surface area contributed by atoms with Crippen LogP contribution in [0.25, 0.3) is 22.0 Å². The molecule has 5 nitrogen and oxygen atoms in total. The van der Waals surface area contributed by atoms with E-state index in [-0.39, 0.29) is 5.56 Å². The summed E-state index contributed by atoms with van der Waals surface area (Å²) in [7, 11) is 0. The summed E-state index contributed by atoms with van der Waals surface area (Å²) < 4.78 is 0. The predicted molar refractivity (Wildman–Crippen MR) is 107 cm³/mol. The molecule has 5 heteroatoms. The highest BCUT2D eigenvalue weighted by molar-refractivity contribution is 5.90. The zero-order valence-corrected chi connectivity index (χ0v) is 14.8. The van der Waals surface area contributed by atoms with Crippen LogP contribution in [-0.4, -0.2) is 27.1 Å². The molecule has 0 fully saturated rings. The first-order valence-corrected chi connectivity index (χ1v) is 8.78. The number of fused-ring (bicyclic) bond motifs is 1. The van der Waals surface area contributed by atoms with Crippen LogP contribution < -0.4 is 0 Å². The van der Waals surface area contributed by atoms with Gasteiger partial charge in [0.15, 0.2) is 0 Å². The van der Waals surface area contributed by atoms with E-state index in [1.54, 1.807) is 36.4 Å². The zero-order valence-electron chi connectivity index (χ0n) is 14.8. The number of carboxylic acid groups (broad SMARTS) is 2. The second-order valence-electron chi connectivity index (χ2n) is 6.62. The lowest BCUT2D eigenvalue weighted by molar-refractivity contribution is 0.0685. The van der Waals surface area contributed by atoms with Crippen LogP contribution in [0.1, 0.15) is 32.0 Å². The van der Waals surface area contributed by atoms with E-state index < -0.39 is 11.9 Å². The summed E-state index contributed by atoms with van der Waals surface area (Å²) in [6.45, 7) is 0. The van der Waals surface area contributed by atoms with Gasteiger partial charge in [-0.25, -0.2) is 9.59 Å². The summed E-state index contributed by atoms with van der Waals surface area (Å²) in [6, 6.07) is 21.8. The normalized spacial score (nSPS) is 10.9. The fourth-order valence-corrected chi connectivity index (χ4v) is 3.36. The van der Waals surface area contributed by atoms with Crippen molar-refractivity contribution in [1.82, 2.24) is 4.98 Å². The second-order valence-corrected chi connectivity index (χ2v) is 6.62. The van der Waals surface area contributed by atoms with Crippen molar-refractivity contribution in [2.75, 3.05) is 0 Å². The van der Waals surface area contributed by atoms with E-state index in [1.165, 1.54) is 0 Å². The van der Waals surface area contributed by atoms with Crippen molar-refractivity contribution in [3.05, 3.63) is 95.2 Å². The molecule has 0 unspecified atom stereocenters. The number of aromatic nitrogens is 1. The Balaban J connectivity index is 1.65. The molecule has 0 amide bonds. The minimum Gasteiger partial charge on any atom is -0.478 e. The number of benzene rings is 3. The first-order valence-electron chi connectivity index (χ1n) is 8.78. The molecular formula is C23H17NO4. The molecule has 0 spiro atoms. The molecule has 0 aliphatic heterocycles. The second kappa shape index (κ2) is 7.04. The number of hydrogen-bond acceptors (Lipinski definition) is 2. The summed E-state index contributed by atoms with van der Waals surface area (Å²) in [5, 5.41) is 19.4. The molecule has 4 rings (SSSR count). The van der Waals surface area contributed by atoms with Gasteiger partial charge >= 0.3 is 11.9 Å². The summed E-state index contributed by atoms with van der Waals surface area (Å²) in [6.07, 6.45) is 0.500. The average Bonchev–Trinajstić information content (AvgIpc) is 3.09. The van der Waals surface area contributed by atoms with E-state index in [1.807, 2.05) is 36.4 Å². The lowest BCUT2D eigenvalue weighted by atomic mass is 10.0. The van der Waals surface area contributed by atoms with Crippen molar-refractivity contribution in [1.29, 1.82) is 0 Å². The Labute approximate surface area is 160 Å². The van der Waals surface area contributed by atoms with Gasteiger partial charge in [0.05, 0.1) is 11.1 Å². The molecule has 3 aromatic carbocycles. The Morgan fingerprint density at radius 3 is 2.21 bits per heavy atom. The molecule has 138 valence electrons. The highest BCUT2D eigenvalue weighted by Crippen LogP contribution is 2.26. The van der Waals surface area contributed by atoms with Gasteiger partial charge < -0.3 is 15.2 Å². The quantitative estimate of drug-likeness (QED) is 0.469. The van der Waals surface area contributed by atoms with Crippen LogP contribution in [0, 0.1) is 0 Å². The van der Waals surface area contributed by atoms with Crippen molar-refractivity contribution in [2.24, 2.45) is 0 Å². The molecule has 4 aromatic rings. The highest BCUT2D eigenvalue weighted by Gasteiger charge is 2.11. The average molecular weight is 371 g/mol. The maximum atomic E-state index is 11.4. The van der Waals surface area contributed by atoms with Crippen molar-refractivity contribution in [2.45, 2.75) is 6.42 Å². The molecule has 0 saturated heterocycles. The van der Waals surface area contributed by atoms with Gasteiger partial charge in [0, 0.05) is 23.0 Å². The highest BCUT2D eigenvalue weighted by atomic mass is 16.4. The van der Waals surface area contributed by atoms with E-state index in [2.05, 4.69) is 4.98 Å². The molecule has 0 saturated carbocycles. The molecule has 28 heavy (non-hydrogen) atoms. The molecule has 0 aliphatic carbocycles. The molecule has 0 atom stereocenters. The van der Waals surface area contributed by atoms with Gasteiger partial charge in [0.25, 0.3) is 0 Å². The van der Waals surface area contributed by atoms with Crippen LogP contribution in [-0.2, 0) is 6.42 Å². The summed E-state index contributed by atoms with van der Waals surface area (Å²) in [5.74, 6) is -1.88. The minimum absolute atomic E-state index is 0.255. The lowest BCUT2D eigenvalue weighted by Gasteiger charge is -2.04. The van der Waals surface area contributed by atoms with Gasteiger partial charge in [0.1, 0.15) is 0 Å². The Morgan fingerprint density at radius 1 is 0.786 bits per heavy atom. The van der Waals surface area contributed by atoms with E-state index in [9.17, 15) is 14.7 Å². The summed E-state index contributed by atoms with van der Waals surface area (Å²) >= 11 is 0. The fraction of sp³-hybridized carbons (Fsp3) is 0.0435. The largest absolute Gasteiger partial charge is 0.478 e. The van der Waals surface area contributed by atoms with Gasteiger partial charge in [-0.1, -0.05) is 36.4 Å². The molecule has 0 bridgehead atoms. The van der Waals surface area contributed by atoms with Gasteiger partial charge in [-0.05, 0) is 53.1 Å². The first-order chi connectivity index (χ1) is 13.5. The number of hydrogen-bond donors (Lipinski definition) is 3. The molecule has 3 N–H and O–H groups in total. The van der Waals surface area contributed by atoms with E-state index in [0.717, 1.165) is 33.3 Å². The molecule has 1 heterocycles. The monoisotopic (exact) mass is 371 g/mol. The number of carboxylic acids is 2. The summed E-state index contributed by atoms with van der Waals surface area (Å²) in [4.78, 5) is 25.7. The fourth-order valence-electron chi connectivity index (χ4n) is 3.36. The molecule has 0 radical (unpaired) electrons. The number of rotatable bonds is 5. The number of aromatic amines is 1. The van der Waals surface area contributed by atoms with Gasteiger partial charge in [0.2, 0.25) is 0 Å². The molecular weight excluding hydrogens is 354 g/mol. The van der Waals surface area contributed by atoms with Gasteiger partial charge in [-0.2, -0.15) is 0 Å². The topological polar surface area (TPSA) is 90.4 Å². The SMILES string of the molecule is O=C(O)c1ccc(-c2ccc3[nH]c(Cc4ccccc4C(=O)O)cc3c2)cc1. The van der Waals surface area contributed by atoms with Gasteiger partial charge in [-0.15, -0.1) is 0 Å². The maximum Gasteiger partial charge on any atom is 0.335 e. The number of nitrogens with one attached hydrogen (secondary N) is 1. The Kier molecular flexibility index (Phi) is 4.41. The Morgan fingerprint density at radius 2 is 1.50 bits per heavy atom. The van der Waals surface area contributed by atoms with Crippen molar-refractivity contribution >= 4 is 22.8 Å². The van der Waals surface area contributed by atoms with Crippen LogP contribution in [0.5, 0.6) is 0 Å². The van der Waals surface area contributed by atoms with E-state index in [0.29, 0.717) is 12.0 Å². The van der Waals surface area contributed by atoms with Gasteiger partial charge in [-0.3, -0.25) is 0 Å². The third-order valence-corrected chi connectivity index (χ3v) is 4.77. The Hall–Kier alpha value is -3.86. The third kappa shape index (κ3) is 3.38. The minimum atomic E-state index is -0.945. The predicted octanol–water partition coefficient (Wildman–Crippen LogP) is 4.82. The van der Waals surface area contributed by atoms with Crippen LogP contribution >= 0.6 is 0 Å². The third-order valence-electron chi connectivity index (χ3n) is 4.77.